The van der Waals surface area contributed by atoms with E-state index in [0.29, 0.717) is 10.6 Å². The van der Waals surface area contributed by atoms with E-state index < -0.39 is 0 Å². The molecule has 0 aromatic heterocycles. The van der Waals surface area contributed by atoms with Crippen LogP contribution < -0.4 is 5.32 Å². The van der Waals surface area contributed by atoms with E-state index in [1.165, 1.54) is 4.90 Å². The van der Waals surface area contributed by atoms with Crippen molar-refractivity contribution in [3.63, 3.8) is 0 Å². The molecule has 2 atom stereocenters. The molecule has 1 aromatic carbocycles. The van der Waals surface area contributed by atoms with Gasteiger partial charge in [0.1, 0.15) is 0 Å². The number of amides is 3. The largest absolute Gasteiger partial charge is 0.347 e. The molecule has 1 N–H and O–H groups in total. The third-order valence-corrected chi connectivity index (χ3v) is 5.99. The normalized spacial score (nSPS) is 24.3. The Hall–Kier alpha value is -1.05. The van der Waals surface area contributed by atoms with Gasteiger partial charge in [-0.05, 0) is 31.0 Å². The number of halogens is 2. The van der Waals surface area contributed by atoms with Crippen LogP contribution in [0, 0.1) is 0 Å². The molecule has 3 amide bonds. The van der Waals surface area contributed by atoms with Gasteiger partial charge in [0.2, 0.25) is 5.91 Å². The average molecular weight is 432 g/mol. The summed E-state index contributed by atoms with van der Waals surface area (Å²) in [6.07, 6.45) is 3.35. The SMILES string of the molecule is O=C(NC1CCCCC1N1C(=O)CSC1=O)c1cc(Br)ccc1Cl. The topological polar surface area (TPSA) is 66.5 Å². The summed E-state index contributed by atoms with van der Waals surface area (Å²) in [5.41, 5.74) is 0.379. The Bertz CT molecular complexity index is 684. The minimum Gasteiger partial charge on any atom is -0.347 e. The van der Waals surface area contributed by atoms with Crippen molar-refractivity contribution in [3.8, 4) is 0 Å². The van der Waals surface area contributed by atoms with Crippen molar-refractivity contribution in [2.75, 3.05) is 5.75 Å². The number of carbonyl (C=O) groups is 3. The van der Waals surface area contributed by atoms with Crippen molar-refractivity contribution in [2.24, 2.45) is 0 Å². The third kappa shape index (κ3) is 3.63. The molecule has 1 aliphatic heterocycles. The van der Waals surface area contributed by atoms with Crippen molar-refractivity contribution in [3.05, 3.63) is 33.3 Å². The highest BCUT2D eigenvalue weighted by Crippen LogP contribution is 2.30. The molecule has 2 unspecified atom stereocenters. The number of benzene rings is 1. The fourth-order valence-corrected chi connectivity index (χ4v) is 4.52. The first-order valence-electron chi connectivity index (χ1n) is 7.72. The lowest BCUT2D eigenvalue weighted by Crippen LogP contribution is -2.54. The first-order valence-corrected chi connectivity index (χ1v) is 9.88. The van der Waals surface area contributed by atoms with Crippen LogP contribution >= 0.6 is 39.3 Å². The predicted molar refractivity (Wildman–Crippen MR) is 97.4 cm³/mol. The summed E-state index contributed by atoms with van der Waals surface area (Å²) in [4.78, 5) is 38.0. The molecule has 0 radical (unpaired) electrons. The minimum absolute atomic E-state index is 0.170. The number of thioether (sulfide) groups is 1. The molecule has 1 saturated heterocycles. The molecule has 1 aromatic rings. The molecule has 1 heterocycles. The maximum Gasteiger partial charge on any atom is 0.289 e. The number of hydrogen-bond donors (Lipinski definition) is 1. The quantitative estimate of drug-likeness (QED) is 0.789. The highest BCUT2D eigenvalue weighted by atomic mass is 79.9. The van der Waals surface area contributed by atoms with E-state index in [-0.39, 0.29) is 34.9 Å². The van der Waals surface area contributed by atoms with Crippen molar-refractivity contribution in [1.82, 2.24) is 10.2 Å². The van der Waals surface area contributed by atoms with Crippen LogP contribution in [-0.4, -0.2) is 39.8 Å². The van der Waals surface area contributed by atoms with Gasteiger partial charge >= 0.3 is 0 Å². The average Bonchev–Trinajstić information content (AvgIpc) is 2.89. The van der Waals surface area contributed by atoms with Crippen molar-refractivity contribution < 1.29 is 14.4 Å². The molecule has 1 aliphatic carbocycles. The van der Waals surface area contributed by atoms with Gasteiger partial charge < -0.3 is 5.32 Å². The molecular weight excluding hydrogens is 416 g/mol. The molecule has 1 saturated carbocycles. The Kier molecular flexibility index (Phi) is 5.52. The van der Waals surface area contributed by atoms with Crippen LogP contribution in [0.5, 0.6) is 0 Å². The van der Waals surface area contributed by atoms with Crippen LogP contribution in [0.4, 0.5) is 4.79 Å². The van der Waals surface area contributed by atoms with E-state index >= 15 is 0 Å². The summed E-state index contributed by atoms with van der Waals surface area (Å²) in [6.45, 7) is 0. The minimum atomic E-state index is -0.287. The highest BCUT2D eigenvalue weighted by molar-refractivity contribution is 9.10. The summed E-state index contributed by atoms with van der Waals surface area (Å²) in [5, 5.41) is 3.12. The van der Waals surface area contributed by atoms with Gasteiger partial charge in [0.05, 0.1) is 28.4 Å². The van der Waals surface area contributed by atoms with Gasteiger partial charge in [-0.2, -0.15) is 0 Å². The number of imide groups is 1. The van der Waals surface area contributed by atoms with Gasteiger partial charge in [-0.25, -0.2) is 0 Å². The van der Waals surface area contributed by atoms with Crippen LogP contribution in [-0.2, 0) is 4.79 Å². The number of nitrogens with zero attached hydrogens (tertiary/aromatic N) is 1. The molecule has 3 rings (SSSR count). The highest BCUT2D eigenvalue weighted by Gasteiger charge is 2.41. The molecule has 0 spiro atoms. The van der Waals surface area contributed by atoms with Crippen molar-refractivity contribution in [2.45, 2.75) is 37.8 Å². The number of hydrogen-bond acceptors (Lipinski definition) is 4. The fourth-order valence-electron chi connectivity index (χ4n) is 3.19. The van der Waals surface area contributed by atoms with Gasteiger partial charge in [0.25, 0.3) is 11.1 Å². The molecule has 8 heteroatoms. The lowest BCUT2D eigenvalue weighted by atomic mass is 9.89. The van der Waals surface area contributed by atoms with Crippen molar-refractivity contribution in [1.29, 1.82) is 0 Å². The zero-order chi connectivity index (χ0) is 17.3. The molecule has 128 valence electrons. The second-order valence-corrected chi connectivity index (χ2v) is 8.12. The van der Waals surface area contributed by atoms with E-state index in [2.05, 4.69) is 21.2 Å². The second-order valence-electron chi connectivity index (χ2n) is 5.87. The fraction of sp³-hybridized carbons (Fsp3) is 0.438. The Balaban J connectivity index is 1.79. The monoisotopic (exact) mass is 430 g/mol. The van der Waals surface area contributed by atoms with Crippen molar-refractivity contribution >= 4 is 56.3 Å². The summed E-state index contributed by atoms with van der Waals surface area (Å²) >= 11 is 10.5. The van der Waals surface area contributed by atoms with E-state index in [1.54, 1.807) is 18.2 Å². The molecular formula is C16H16BrClN2O3S. The second kappa shape index (κ2) is 7.45. The third-order valence-electron chi connectivity index (χ3n) is 4.34. The lowest BCUT2D eigenvalue weighted by molar-refractivity contribution is -0.127. The summed E-state index contributed by atoms with van der Waals surface area (Å²) < 4.78 is 0.763. The molecule has 5 nitrogen and oxygen atoms in total. The van der Waals surface area contributed by atoms with Crippen LogP contribution in [0.3, 0.4) is 0 Å². The standard InChI is InChI=1S/C16H16BrClN2O3S/c17-9-5-6-11(18)10(7-9)15(22)19-12-3-1-2-4-13(12)20-14(21)8-24-16(20)23/h5-7,12-13H,1-4,8H2,(H,19,22). The smallest absolute Gasteiger partial charge is 0.289 e. The van der Waals surface area contributed by atoms with Crippen LogP contribution in [0.2, 0.25) is 5.02 Å². The van der Waals surface area contributed by atoms with Crippen LogP contribution in [0.1, 0.15) is 36.0 Å². The lowest BCUT2D eigenvalue weighted by Gasteiger charge is -2.36. The van der Waals surface area contributed by atoms with Gasteiger partial charge in [0.15, 0.2) is 0 Å². The number of carbonyl (C=O) groups excluding carboxylic acids is 3. The summed E-state index contributed by atoms with van der Waals surface area (Å²) in [7, 11) is 0. The van der Waals surface area contributed by atoms with Gasteiger partial charge in [-0.3, -0.25) is 19.3 Å². The summed E-state index contributed by atoms with van der Waals surface area (Å²) in [6, 6.07) is 4.57. The van der Waals surface area contributed by atoms with E-state index in [0.717, 1.165) is 41.9 Å². The Labute approximate surface area is 157 Å². The van der Waals surface area contributed by atoms with E-state index in [9.17, 15) is 14.4 Å². The van der Waals surface area contributed by atoms with Crippen LogP contribution in [0.25, 0.3) is 0 Å². The molecule has 2 fully saturated rings. The number of rotatable bonds is 3. The van der Waals surface area contributed by atoms with Crippen LogP contribution in [0.15, 0.2) is 22.7 Å². The van der Waals surface area contributed by atoms with E-state index in [4.69, 9.17) is 11.6 Å². The molecule has 24 heavy (non-hydrogen) atoms. The maximum absolute atomic E-state index is 12.6. The summed E-state index contributed by atoms with van der Waals surface area (Å²) in [5.74, 6) is -0.269. The van der Waals surface area contributed by atoms with Gasteiger partial charge in [0, 0.05) is 4.47 Å². The first kappa shape index (κ1) is 17.8. The Morgan fingerprint density at radius 3 is 2.75 bits per heavy atom. The number of nitrogens with one attached hydrogen (secondary N) is 1. The van der Waals surface area contributed by atoms with E-state index in [1.807, 2.05) is 0 Å². The Morgan fingerprint density at radius 1 is 1.29 bits per heavy atom. The molecule has 2 aliphatic rings. The maximum atomic E-state index is 12.6. The van der Waals surface area contributed by atoms with Gasteiger partial charge in [-0.15, -0.1) is 0 Å². The predicted octanol–water partition coefficient (Wildman–Crippen LogP) is 3.84. The molecule has 0 bridgehead atoms. The first-order chi connectivity index (χ1) is 11.5. The zero-order valence-electron chi connectivity index (χ0n) is 12.8. The van der Waals surface area contributed by atoms with Gasteiger partial charge in [-0.1, -0.05) is 52.1 Å². The zero-order valence-corrected chi connectivity index (χ0v) is 15.9. The Morgan fingerprint density at radius 2 is 2.04 bits per heavy atom.